The van der Waals surface area contributed by atoms with Gasteiger partial charge in [0.15, 0.2) is 0 Å². The number of aryl methyl sites for hydroxylation is 1. The van der Waals surface area contributed by atoms with Crippen LogP contribution in [0, 0.1) is 0 Å². The van der Waals surface area contributed by atoms with Gasteiger partial charge in [0.25, 0.3) is 0 Å². The van der Waals surface area contributed by atoms with Crippen molar-refractivity contribution in [2.24, 2.45) is 0 Å². The summed E-state index contributed by atoms with van der Waals surface area (Å²) in [6.07, 6.45) is 1.86. The highest BCUT2D eigenvalue weighted by Gasteiger charge is 2.10. The minimum Gasteiger partial charge on any atom is -0.768 e. The van der Waals surface area contributed by atoms with E-state index in [1.54, 1.807) is 18.2 Å². The summed E-state index contributed by atoms with van der Waals surface area (Å²) < 4.78 is 26.6. The Morgan fingerprint density at radius 2 is 2.31 bits per heavy atom. The van der Waals surface area contributed by atoms with E-state index in [0.717, 1.165) is 30.8 Å². The van der Waals surface area contributed by atoms with Crippen molar-refractivity contribution < 1.29 is 13.5 Å². The quantitative estimate of drug-likeness (QED) is 0.636. The Labute approximate surface area is 79.0 Å². The van der Waals surface area contributed by atoms with Crippen LogP contribution in [0.5, 0.6) is 5.75 Å². The molecule has 4 heteroatoms. The van der Waals surface area contributed by atoms with Crippen LogP contribution in [0.1, 0.15) is 12.0 Å². The third kappa shape index (κ3) is 1.73. The number of hydrogen-bond donors (Lipinski definition) is 0. The summed E-state index contributed by atoms with van der Waals surface area (Å²) in [5.41, 5.74) is 0.993. The molecule has 1 aromatic rings. The van der Waals surface area contributed by atoms with Gasteiger partial charge in [0.05, 0.1) is 6.61 Å². The Balaban J connectivity index is 2.40. The molecule has 13 heavy (non-hydrogen) atoms. The lowest BCUT2D eigenvalue weighted by Gasteiger charge is -2.18. The van der Waals surface area contributed by atoms with E-state index < -0.39 is 11.1 Å². The zero-order valence-corrected chi connectivity index (χ0v) is 7.80. The van der Waals surface area contributed by atoms with Crippen LogP contribution in [0.25, 0.3) is 0 Å². The van der Waals surface area contributed by atoms with Crippen LogP contribution in [0.2, 0.25) is 0 Å². The molecule has 1 aliphatic heterocycles. The minimum atomic E-state index is -2.13. The van der Waals surface area contributed by atoms with Gasteiger partial charge in [-0.1, -0.05) is 0 Å². The molecule has 0 N–H and O–H groups in total. The molecule has 0 saturated heterocycles. The molecule has 1 heterocycles. The summed E-state index contributed by atoms with van der Waals surface area (Å²) in [4.78, 5) is 0.337. The van der Waals surface area contributed by atoms with Crippen LogP contribution in [0.15, 0.2) is 23.1 Å². The molecule has 0 spiro atoms. The molecule has 1 unspecified atom stereocenters. The number of hydrogen-bond acceptors (Lipinski definition) is 3. The summed E-state index contributed by atoms with van der Waals surface area (Å²) in [6.45, 7) is 0.729. The SMILES string of the molecule is O=S([O-])c1ccc2c(c1)CCCO2. The second-order valence-electron chi connectivity index (χ2n) is 2.96. The van der Waals surface area contributed by atoms with E-state index in [4.69, 9.17) is 4.74 Å². The fourth-order valence-corrected chi connectivity index (χ4v) is 1.86. The lowest BCUT2D eigenvalue weighted by Crippen LogP contribution is -2.08. The first-order valence-electron chi connectivity index (χ1n) is 4.12. The molecule has 0 bridgehead atoms. The first kappa shape index (κ1) is 8.72. The van der Waals surface area contributed by atoms with Crippen molar-refractivity contribution in [1.82, 2.24) is 0 Å². The van der Waals surface area contributed by atoms with E-state index in [2.05, 4.69) is 0 Å². The molecule has 70 valence electrons. The van der Waals surface area contributed by atoms with Gasteiger partial charge < -0.3 is 9.29 Å². The van der Waals surface area contributed by atoms with Gasteiger partial charge in [0.2, 0.25) is 0 Å². The van der Waals surface area contributed by atoms with Gasteiger partial charge in [-0.3, -0.25) is 4.21 Å². The van der Waals surface area contributed by atoms with Crippen LogP contribution in [0.3, 0.4) is 0 Å². The molecule has 0 radical (unpaired) electrons. The van der Waals surface area contributed by atoms with E-state index in [-0.39, 0.29) is 0 Å². The van der Waals surface area contributed by atoms with E-state index in [0.29, 0.717) is 4.90 Å². The third-order valence-corrected chi connectivity index (χ3v) is 2.71. The molecule has 2 rings (SSSR count). The summed E-state index contributed by atoms with van der Waals surface area (Å²) in [5, 5.41) is 0. The zero-order chi connectivity index (χ0) is 9.26. The average molecular weight is 197 g/mol. The van der Waals surface area contributed by atoms with Crippen molar-refractivity contribution in [3.63, 3.8) is 0 Å². The summed E-state index contributed by atoms with van der Waals surface area (Å²) in [7, 11) is 0. The second kappa shape index (κ2) is 3.47. The molecule has 0 fully saturated rings. The van der Waals surface area contributed by atoms with E-state index in [1.807, 2.05) is 0 Å². The highest BCUT2D eigenvalue weighted by molar-refractivity contribution is 7.79. The van der Waals surface area contributed by atoms with Gasteiger partial charge in [-0.2, -0.15) is 0 Å². The van der Waals surface area contributed by atoms with E-state index in [1.165, 1.54) is 0 Å². The normalized spacial score (nSPS) is 17.3. The highest BCUT2D eigenvalue weighted by Crippen LogP contribution is 2.26. The van der Waals surface area contributed by atoms with Gasteiger partial charge in [-0.25, -0.2) is 0 Å². The summed E-state index contributed by atoms with van der Waals surface area (Å²) >= 11 is -2.13. The van der Waals surface area contributed by atoms with Crippen molar-refractivity contribution in [1.29, 1.82) is 0 Å². The van der Waals surface area contributed by atoms with Crippen LogP contribution < -0.4 is 4.74 Å². The van der Waals surface area contributed by atoms with Crippen LogP contribution in [0.4, 0.5) is 0 Å². The predicted octanol–water partition coefficient (Wildman–Crippen LogP) is 1.25. The van der Waals surface area contributed by atoms with Crippen molar-refractivity contribution in [2.45, 2.75) is 17.7 Å². The molecule has 1 aliphatic rings. The summed E-state index contributed by atoms with van der Waals surface area (Å²) in [6, 6.07) is 4.96. The van der Waals surface area contributed by atoms with Gasteiger partial charge >= 0.3 is 0 Å². The molecule has 3 nitrogen and oxygen atoms in total. The standard InChI is InChI=1S/C9H10O3S/c10-13(11)8-3-4-9-7(6-8)2-1-5-12-9/h3-4,6H,1-2,5H2,(H,10,11)/p-1. The Hall–Kier alpha value is -0.870. The smallest absolute Gasteiger partial charge is 0.122 e. The Kier molecular flexibility index (Phi) is 2.33. The van der Waals surface area contributed by atoms with E-state index >= 15 is 0 Å². The lowest BCUT2D eigenvalue weighted by atomic mass is 10.1. The molecular formula is C9H9O3S-. The summed E-state index contributed by atoms with van der Waals surface area (Å²) in [5.74, 6) is 0.820. The Morgan fingerprint density at radius 1 is 1.46 bits per heavy atom. The van der Waals surface area contributed by atoms with Crippen molar-refractivity contribution in [2.75, 3.05) is 6.61 Å². The maximum Gasteiger partial charge on any atom is 0.122 e. The predicted molar refractivity (Wildman–Crippen MR) is 47.4 cm³/mol. The van der Waals surface area contributed by atoms with Crippen LogP contribution >= 0.6 is 0 Å². The number of fused-ring (bicyclic) bond motifs is 1. The first-order valence-corrected chi connectivity index (χ1v) is 5.20. The molecule has 0 amide bonds. The fourth-order valence-electron chi connectivity index (χ4n) is 1.44. The third-order valence-electron chi connectivity index (χ3n) is 2.07. The van der Waals surface area contributed by atoms with E-state index in [9.17, 15) is 8.76 Å². The maximum atomic E-state index is 10.6. The van der Waals surface area contributed by atoms with Crippen molar-refractivity contribution in [3.8, 4) is 5.75 Å². The number of ether oxygens (including phenoxy) is 1. The number of benzene rings is 1. The Morgan fingerprint density at radius 3 is 3.08 bits per heavy atom. The lowest BCUT2D eigenvalue weighted by molar-refractivity contribution is 0.288. The van der Waals surface area contributed by atoms with Crippen LogP contribution in [-0.2, 0) is 17.5 Å². The second-order valence-corrected chi connectivity index (χ2v) is 3.90. The molecule has 1 aromatic carbocycles. The molecule has 0 aliphatic carbocycles. The molecular weight excluding hydrogens is 188 g/mol. The van der Waals surface area contributed by atoms with Crippen molar-refractivity contribution in [3.05, 3.63) is 23.8 Å². The van der Waals surface area contributed by atoms with Gasteiger partial charge in [-0.15, -0.1) is 0 Å². The minimum absolute atomic E-state index is 0.337. The highest BCUT2D eigenvalue weighted by atomic mass is 32.2. The molecule has 0 saturated carbocycles. The van der Waals surface area contributed by atoms with Gasteiger partial charge in [0.1, 0.15) is 5.75 Å². The monoisotopic (exact) mass is 197 g/mol. The van der Waals surface area contributed by atoms with Gasteiger partial charge in [0, 0.05) is 4.90 Å². The average Bonchev–Trinajstić information content (AvgIpc) is 2.17. The zero-order valence-electron chi connectivity index (χ0n) is 6.99. The van der Waals surface area contributed by atoms with Gasteiger partial charge in [-0.05, 0) is 47.7 Å². The Bertz CT molecular complexity index is 349. The molecule has 1 atom stereocenters. The number of rotatable bonds is 1. The molecule has 0 aromatic heterocycles. The van der Waals surface area contributed by atoms with Crippen molar-refractivity contribution >= 4 is 11.1 Å². The van der Waals surface area contributed by atoms with Crippen LogP contribution in [-0.4, -0.2) is 15.4 Å². The topological polar surface area (TPSA) is 49.4 Å². The first-order chi connectivity index (χ1) is 6.27. The maximum absolute atomic E-state index is 10.6. The largest absolute Gasteiger partial charge is 0.768 e. The fraction of sp³-hybridized carbons (Fsp3) is 0.333.